The molecule has 6 heteroatoms. The van der Waals surface area contributed by atoms with Crippen LogP contribution in [-0.2, 0) is 28.9 Å². The van der Waals surface area contributed by atoms with Crippen LogP contribution in [0.1, 0.15) is 51.5 Å². The van der Waals surface area contributed by atoms with Crippen molar-refractivity contribution < 1.29 is 9.53 Å². The lowest BCUT2D eigenvalue weighted by atomic mass is 9.72. The fourth-order valence-electron chi connectivity index (χ4n) is 3.50. The van der Waals surface area contributed by atoms with Crippen molar-refractivity contribution in [1.29, 1.82) is 0 Å². The molecule has 0 bridgehead atoms. The number of hydrogen-bond donors (Lipinski definition) is 0. The monoisotopic (exact) mass is 376 g/mol. The second-order valence-corrected chi connectivity index (χ2v) is 9.83. The molecule has 2 aromatic heterocycles. The number of aryl methyl sites for hydroxylation is 1. The van der Waals surface area contributed by atoms with Gasteiger partial charge in [0.2, 0.25) is 0 Å². The lowest BCUT2D eigenvalue weighted by Gasteiger charge is -2.33. The van der Waals surface area contributed by atoms with Crippen LogP contribution >= 0.6 is 11.3 Å². The smallest absolute Gasteiger partial charge is 0.326 e. The van der Waals surface area contributed by atoms with Crippen LogP contribution in [0.15, 0.2) is 11.1 Å². The molecule has 5 nitrogen and oxygen atoms in total. The van der Waals surface area contributed by atoms with Crippen molar-refractivity contribution in [3.05, 3.63) is 27.1 Å². The first-order valence-electron chi connectivity index (χ1n) is 9.32. The Morgan fingerprint density at radius 3 is 2.81 bits per heavy atom. The highest BCUT2D eigenvalue weighted by Gasteiger charge is 2.31. The molecule has 1 aliphatic rings. The van der Waals surface area contributed by atoms with Crippen molar-refractivity contribution in [3.8, 4) is 0 Å². The van der Waals surface area contributed by atoms with E-state index in [1.807, 2.05) is 13.8 Å². The van der Waals surface area contributed by atoms with E-state index in [0.717, 1.165) is 29.7 Å². The van der Waals surface area contributed by atoms with Crippen LogP contribution in [-0.4, -0.2) is 22.1 Å². The minimum absolute atomic E-state index is 0.0796. The van der Waals surface area contributed by atoms with E-state index in [2.05, 4.69) is 25.8 Å². The van der Waals surface area contributed by atoms with E-state index in [9.17, 15) is 9.59 Å². The zero-order valence-corrected chi connectivity index (χ0v) is 17.1. The largest absolute Gasteiger partial charge is 0.464 e. The number of ether oxygens (including phenoxy) is 1. The van der Waals surface area contributed by atoms with Gasteiger partial charge < -0.3 is 4.74 Å². The Labute approximate surface area is 158 Å². The molecular weight excluding hydrogens is 348 g/mol. The predicted octanol–water partition coefficient (Wildman–Crippen LogP) is 3.81. The van der Waals surface area contributed by atoms with E-state index in [0.29, 0.717) is 17.9 Å². The summed E-state index contributed by atoms with van der Waals surface area (Å²) in [5.74, 6) is 0.506. The molecular formula is C20H28N2O3S. The van der Waals surface area contributed by atoms with Crippen molar-refractivity contribution in [2.45, 2.75) is 60.4 Å². The van der Waals surface area contributed by atoms with Gasteiger partial charge in [-0.15, -0.1) is 11.3 Å². The first-order valence-corrected chi connectivity index (χ1v) is 10.1. The van der Waals surface area contributed by atoms with Crippen LogP contribution in [0.2, 0.25) is 0 Å². The van der Waals surface area contributed by atoms with E-state index in [4.69, 9.17) is 4.74 Å². The van der Waals surface area contributed by atoms with Gasteiger partial charge >= 0.3 is 5.97 Å². The summed E-state index contributed by atoms with van der Waals surface area (Å²) in [5, 5.41) is 0.705. The van der Waals surface area contributed by atoms with Crippen molar-refractivity contribution in [2.75, 3.05) is 6.61 Å². The third-order valence-electron chi connectivity index (χ3n) is 5.14. The molecule has 0 unspecified atom stereocenters. The van der Waals surface area contributed by atoms with Gasteiger partial charge in [0, 0.05) is 4.88 Å². The summed E-state index contributed by atoms with van der Waals surface area (Å²) in [4.78, 5) is 31.5. The van der Waals surface area contributed by atoms with Gasteiger partial charge in [0.1, 0.15) is 11.4 Å². The van der Waals surface area contributed by atoms with Crippen molar-refractivity contribution in [1.82, 2.24) is 9.55 Å². The Morgan fingerprint density at radius 2 is 2.15 bits per heavy atom. The van der Waals surface area contributed by atoms with E-state index in [1.165, 1.54) is 15.8 Å². The summed E-state index contributed by atoms with van der Waals surface area (Å²) in [6, 6.07) is 0. The molecule has 1 atom stereocenters. The highest BCUT2D eigenvalue weighted by atomic mass is 32.1. The molecule has 142 valence electrons. The van der Waals surface area contributed by atoms with Crippen LogP contribution in [0.4, 0.5) is 0 Å². The molecule has 2 heterocycles. The molecule has 0 radical (unpaired) electrons. The molecule has 0 N–H and O–H groups in total. The van der Waals surface area contributed by atoms with Crippen molar-refractivity contribution in [3.63, 3.8) is 0 Å². The topological polar surface area (TPSA) is 61.2 Å². The number of carbonyl (C=O) groups excluding carboxylic acids is 1. The maximum Gasteiger partial charge on any atom is 0.326 e. The van der Waals surface area contributed by atoms with Crippen molar-refractivity contribution in [2.24, 2.45) is 17.3 Å². The average Bonchev–Trinajstić information content (AvgIpc) is 2.93. The second-order valence-electron chi connectivity index (χ2n) is 8.74. The number of esters is 1. The van der Waals surface area contributed by atoms with Crippen LogP contribution in [0, 0.1) is 17.3 Å². The summed E-state index contributed by atoms with van der Waals surface area (Å²) in [7, 11) is 0. The van der Waals surface area contributed by atoms with Gasteiger partial charge in [0.05, 0.1) is 18.3 Å². The third-order valence-corrected chi connectivity index (χ3v) is 6.30. The number of aromatic nitrogens is 2. The summed E-state index contributed by atoms with van der Waals surface area (Å²) in [5.41, 5.74) is 1.29. The molecule has 0 aliphatic heterocycles. The normalized spacial score (nSPS) is 17.5. The predicted molar refractivity (Wildman–Crippen MR) is 105 cm³/mol. The van der Waals surface area contributed by atoms with E-state index >= 15 is 0 Å². The Morgan fingerprint density at radius 1 is 1.42 bits per heavy atom. The summed E-state index contributed by atoms with van der Waals surface area (Å²) in [6.45, 7) is 11.1. The SMILES string of the molecule is CC(C)COC(=O)Cn1cnc2sc3c(c2c1=O)CC[C@H](C(C)(C)C)C3. The van der Waals surface area contributed by atoms with E-state index in [1.54, 1.807) is 11.3 Å². The number of rotatable bonds is 4. The minimum Gasteiger partial charge on any atom is -0.464 e. The molecule has 3 rings (SSSR count). The van der Waals surface area contributed by atoms with Crippen LogP contribution in [0.3, 0.4) is 0 Å². The zero-order valence-electron chi connectivity index (χ0n) is 16.3. The van der Waals surface area contributed by atoms with Crippen LogP contribution in [0.5, 0.6) is 0 Å². The standard InChI is InChI=1S/C20H28N2O3S/c1-12(2)10-25-16(23)9-22-11-21-18-17(19(22)24)14-7-6-13(20(3,4)5)8-15(14)26-18/h11-13H,6-10H2,1-5H3/t13-/m0/s1. The van der Waals surface area contributed by atoms with Gasteiger partial charge in [0.25, 0.3) is 5.56 Å². The van der Waals surface area contributed by atoms with Crippen molar-refractivity contribution >= 4 is 27.5 Å². The van der Waals surface area contributed by atoms with E-state index in [-0.39, 0.29) is 29.4 Å². The highest BCUT2D eigenvalue weighted by molar-refractivity contribution is 7.18. The lowest BCUT2D eigenvalue weighted by molar-refractivity contribution is -0.145. The number of thiophene rings is 1. The molecule has 1 aliphatic carbocycles. The molecule has 0 saturated carbocycles. The minimum atomic E-state index is -0.390. The Balaban J connectivity index is 1.89. The lowest BCUT2D eigenvalue weighted by Crippen LogP contribution is -2.28. The molecule has 2 aromatic rings. The van der Waals surface area contributed by atoms with E-state index < -0.39 is 0 Å². The number of fused-ring (bicyclic) bond motifs is 3. The van der Waals surface area contributed by atoms with Crippen LogP contribution in [0.25, 0.3) is 10.2 Å². The highest BCUT2D eigenvalue weighted by Crippen LogP contribution is 2.41. The maximum absolute atomic E-state index is 12.9. The summed E-state index contributed by atoms with van der Waals surface area (Å²) >= 11 is 1.63. The fourth-order valence-corrected chi connectivity index (χ4v) is 4.75. The molecule has 0 fully saturated rings. The Hall–Kier alpha value is -1.69. The van der Waals surface area contributed by atoms with Crippen LogP contribution < -0.4 is 5.56 Å². The average molecular weight is 377 g/mol. The molecule has 0 spiro atoms. The Kier molecular flexibility index (Phi) is 5.24. The molecule has 26 heavy (non-hydrogen) atoms. The molecule has 0 amide bonds. The first-order chi connectivity index (χ1) is 12.2. The summed E-state index contributed by atoms with van der Waals surface area (Å²) in [6.07, 6.45) is 4.49. The number of carbonyl (C=O) groups is 1. The summed E-state index contributed by atoms with van der Waals surface area (Å²) < 4.78 is 6.58. The van der Waals surface area contributed by atoms with Gasteiger partial charge in [0.15, 0.2) is 0 Å². The molecule has 0 saturated heterocycles. The Bertz CT molecular complexity index is 874. The molecule has 0 aromatic carbocycles. The fraction of sp³-hybridized carbons (Fsp3) is 0.650. The van der Waals surface area contributed by atoms with Gasteiger partial charge in [-0.2, -0.15) is 0 Å². The third kappa shape index (κ3) is 3.85. The maximum atomic E-state index is 12.9. The second kappa shape index (κ2) is 7.14. The van der Waals surface area contributed by atoms with Gasteiger partial charge in [-0.1, -0.05) is 34.6 Å². The first kappa shape index (κ1) is 19.1. The zero-order chi connectivity index (χ0) is 19.1. The van der Waals surface area contributed by atoms with Gasteiger partial charge in [-0.25, -0.2) is 4.98 Å². The quantitative estimate of drug-likeness (QED) is 0.761. The number of hydrogen-bond acceptors (Lipinski definition) is 5. The van der Waals surface area contributed by atoms with Gasteiger partial charge in [-0.3, -0.25) is 14.2 Å². The number of nitrogens with zero attached hydrogens (tertiary/aromatic N) is 2. The van der Waals surface area contributed by atoms with Gasteiger partial charge in [-0.05, 0) is 42.1 Å².